The molecule has 1 saturated heterocycles. The van der Waals surface area contributed by atoms with Crippen molar-refractivity contribution in [3.8, 4) is 0 Å². The topological polar surface area (TPSA) is 41.1 Å². The van der Waals surface area contributed by atoms with Crippen LogP contribution >= 0.6 is 0 Å². The average molecular weight is 236 g/mol. The van der Waals surface area contributed by atoms with Gasteiger partial charge in [-0.2, -0.15) is 0 Å². The number of amides is 1. The average Bonchev–Trinajstić information content (AvgIpc) is 3.24. The molecule has 2 aliphatic carbocycles. The van der Waals surface area contributed by atoms with E-state index in [1.54, 1.807) is 0 Å². The third-order valence-corrected chi connectivity index (χ3v) is 5.22. The molecule has 3 nitrogen and oxygen atoms in total. The summed E-state index contributed by atoms with van der Waals surface area (Å²) in [6.45, 7) is 4.04. The Morgan fingerprint density at radius 1 is 1.35 bits per heavy atom. The first kappa shape index (κ1) is 11.5. The number of hydrogen-bond donors (Lipinski definition) is 2. The third-order valence-electron chi connectivity index (χ3n) is 5.22. The normalized spacial score (nSPS) is 34.6. The summed E-state index contributed by atoms with van der Waals surface area (Å²) < 4.78 is 0. The molecule has 0 bridgehead atoms. The lowest BCUT2D eigenvalue weighted by Gasteiger charge is -2.28. The maximum absolute atomic E-state index is 12.3. The monoisotopic (exact) mass is 236 g/mol. The molecule has 2 N–H and O–H groups in total. The van der Waals surface area contributed by atoms with Gasteiger partial charge in [0, 0.05) is 6.54 Å². The predicted molar refractivity (Wildman–Crippen MR) is 67.7 cm³/mol. The van der Waals surface area contributed by atoms with E-state index in [-0.39, 0.29) is 11.4 Å². The Kier molecular flexibility index (Phi) is 2.69. The maximum Gasteiger partial charge on any atom is 0.240 e. The molecule has 3 fully saturated rings. The Bertz CT molecular complexity index is 312. The van der Waals surface area contributed by atoms with E-state index in [0.717, 1.165) is 38.3 Å². The van der Waals surface area contributed by atoms with E-state index in [1.807, 2.05) is 0 Å². The van der Waals surface area contributed by atoms with Crippen molar-refractivity contribution < 1.29 is 4.79 Å². The van der Waals surface area contributed by atoms with Crippen LogP contribution in [-0.2, 0) is 4.79 Å². The smallest absolute Gasteiger partial charge is 0.240 e. The van der Waals surface area contributed by atoms with Crippen molar-refractivity contribution >= 4 is 5.91 Å². The number of carbonyl (C=O) groups is 1. The van der Waals surface area contributed by atoms with Crippen molar-refractivity contribution in [3.63, 3.8) is 0 Å². The van der Waals surface area contributed by atoms with Gasteiger partial charge in [0.1, 0.15) is 0 Å². The quantitative estimate of drug-likeness (QED) is 0.764. The SMILES string of the molecule is CCC1(C(=O)NCC2(C3CC3)CC2)CCCN1. The standard InChI is InChI=1S/C14H24N2O/c1-2-14(6-3-9-16-14)12(17)15-10-13(7-8-13)11-4-5-11/h11,16H,2-10H2,1H3,(H,15,17). The van der Waals surface area contributed by atoms with E-state index in [0.29, 0.717) is 5.41 Å². The zero-order chi connectivity index (χ0) is 11.9. The molecule has 1 amide bonds. The molecule has 2 saturated carbocycles. The number of rotatable bonds is 5. The fraction of sp³-hybridized carbons (Fsp3) is 0.929. The predicted octanol–water partition coefficient (Wildman–Crippen LogP) is 1.82. The van der Waals surface area contributed by atoms with Gasteiger partial charge in [-0.05, 0) is 62.8 Å². The molecule has 0 aromatic carbocycles. The summed E-state index contributed by atoms with van der Waals surface area (Å²) in [5.41, 5.74) is 0.267. The van der Waals surface area contributed by atoms with Crippen molar-refractivity contribution in [2.75, 3.05) is 13.1 Å². The molecule has 96 valence electrons. The Hall–Kier alpha value is -0.570. The number of nitrogens with one attached hydrogen (secondary N) is 2. The molecule has 1 heterocycles. The fourth-order valence-electron chi connectivity index (χ4n) is 3.47. The third kappa shape index (κ3) is 1.99. The fourth-order valence-corrected chi connectivity index (χ4v) is 3.47. The second-order valence-corrected chi connectivity index (χ2v) is 6.29. The lowest BCUT2D eigenvalue weighted by atomic mass is 9.92. The molecule has 3 aliphatic rings. The van der Waals surface area contributed by atoms with Crippen LogP contribution in [0.4, 0.5) is 0 Å². The number of hydrogen-bond acceptors (Lipinski definition) is 2. The van der Waals surface area contributed by atoms with E-state index in [2.05, 4.69) is 17.6 Å². The molecule has 3 heteroatoms. The van der Waals surface area contributed by atoms with Gasteiger partial charge in [-0.15, -0.1) is 0 Å². The Balaban J connectivity index is 1.55. The minimum atomic E-state index is -0.250. The summed E-state index contributed by atoms with van der Waals surface area (Å²) in [6, 6.07) is 0. The summed E-state index contributed by atoms with van der Waals surface area (Å²) in [5, 5.41) is 6.65. The van der Waals surface area contributed by atoms with Crippen molar-refractivity contribution in [1.82, 2.24) is 10.6 Å². The highest BCUT2D eigenvalue weighted by molar-refractivity contribution is 5.86. The molecule has 1 atom stereocenters. The van der Waals surface area contributed by atoms with Crippen molar-refractivity contribution in [2.45, 2.75) is 57.4 Å². The van der Waals surface area contributed by atoms with Crippen LogP contribution < -0.4 is 10.6 Å². The molecular weight excluding hydrogens is 212 g/mol. The molecular formula is C14H24N2O. The highest BCUT2D eigenvalue weighted by Gasteiger charge is 2.54. The van der Waals surface area contributed by atoms with Crippen LogP contribution in [0.25, 0.3) is 0 Å². The number of carbonyl (C=O) groups excluding carboxylic acids is 1. The van der Waals surface area contributed by atoms with Gasteiger partial charge in [-0.25, -0.2) is 0 Å². The second-order valence-electron chi connectivity index (χ2n) is 6.29. The molecule has 0 spiro atoms. The largest absolute Gasteiger partial charge is 0.354 e. The Morgan fingerprint density at radius 3 is 2.59 bits per heavy atom. The molecule has 0 aromatic heterocycles. The van der Waals surface area contributed by atoms with Crippen molar-refractivity contribution in [2.24, 2.45) is 11.3 Å². The Morgan fingerprint density at radius 2 is 2.12 bits per heavy atom. The highest BCUT2D eigenvalue weighted by Crippen LogP contribution is 2.60. The van der Waals surface area contributed by atoms with Gasteiger partial charge >= 0.3 is 0 Å². The summed E-state index contributed by atoms with van der Waals surface area (Å²) in [5.74, 6) is 1.18. The summed E-state index contributed by atoms with van der Waals surface area (Å²) in [6.07, 6.45) is 8.52. The van der Waals surface area contributed by atoms with Crippen LogP contribution in [-0.4, -0.2) is 24.5 Å². The molecule has 0 aromatic rings. The van der Waals surface area contributed by atoms with Crippen LogP contribution in [0.15, 0.2) is 0 Å². The molecule has 1 unspecified atom stereocenters. The summed E-state index contributed by atoms with van der Waals surface area (Å²) >= 11 is 0. The summed E-state index contributed by atoms with van der Waals surface area (Å²) in [4.78, 5) is 12.3. The first-order chi connectivity index (χ1) is 8.21. The molecule has 0 radical (unpaired) electrons. The van der Waals surface area contributed by atoms with Crippen molar-refractivity contribution in [1.29, 1.82) is 0 Å². The van der Waals surface area contributed by atoms with E-state index >= 15 is 0 Å². The van der Waals surface area contributed by atoms with Crippen LogP contribution in [0, 0.1) is 11.3 Å². The van der Waals surface area contributed by atoms with E-state index < -0.39 is 0 Å². The second kappa shape index (κ2) is 3.98. The van der Waals surface area contributed by atoms with Crippen LogP contribution in [0.3, 0.4) is 0 Å². The highest BCUT2D eigenvalue weighted by atomic mass is 16.2. The zero-order valence-corrected chi connectivity index (χ0v) is 10.8. The lowest BCUT2D eigenvalue weighted by Crippen LogP contribution is -2.54. The van der Waals surface area contributed by atoms with Gasteiger partial charge < -0.3 is 10.6 Å². The van der Waals surface area contributed by atoms with Crippen LogP contribution in [0.1, 0.15) is 51.9 Å². The first-order valence-corrected chi connectivity index (χ1v) is 7.24. The minimum Gasteiger partial charge on any atom is -0.354 e. The van der Waals surface area contributed by atoms with Gasteiger partial charge in [-0.1, -0.05) is 6.92 Å². The minimum absolute atomic E-state index is 0.250. The van der Waals surface area contributed by atoms with E-state index in [9.17, 15) is 4.79 Å². The van der Waals surface area contributed by atoms with Gasteiger partial charge in [0.15, 0.2) is 0 Å². The zero-order valence-electron chi connectivity index (χ0n) is 10.8. The van der Waals surface area contributed by atoms with Crippen molar-refractivity contribution in [3.05, 3.63) is 0 Å². The molecule has 3 rings (SSSR count). The van der Waals surface area contributed by atoms with Gasteiger partial charge in [0.2, 0.25) is 5.91 Å². The Labute approximate surface area is 104 Å². The van der Waals surface area contributed by atoms with Crippen LogP contribution in [0.5, 0.6) is 0 Å². The van der Waals surface area contributed by atoms with E-state index in [4.69, 9.17) is 0 Å². The van der Waals surface area contributed by atoms with Gasteiger partial charge in [-0.3, -0.25) is 4.79 Å². The van der Waals surface area contributed by atoms with E-state index in [1.165, 1.54) is 25.7 Å². The lowest BCUT2D eigenvalue weighted by molar-refractivity contribution is -0.127. The van der Waals surface area contributed by atoms with Gasteiger partial charge in [0.25, 0.3) is 0 Å². The first-order valence-electron chi connectivity index (χ1n) is 7.24. The van der Waals surface area contributed by atoms with Crippen LogP contribution in [0.2, 0.25) is 0 Å². The summed E-state index contributed by atoms with van der Waals surface area (Å²) in [7, 11) is 0. The molecule has 17 heavy (non-hydrogen) atoms. The molecule has 1 aliphatic heterocycles. The van der Waals surface area contributed by atoms with Gasteiger partial charge in [0.05, 0.1) is 5.54 Å². The maximum atomic E-state index is 12.3.